The average molecular weight is 350 g/mol. The highest BCUT2D eigenvalue weighted by atomic mass is 79.9. The smallest absolute Gasteiger partial charge is 0.244 e. The Morgan fingerprint density at radius 3 is 2.68 bits per heavy atom. The molecule has 0 bridgehead atoms. The van der Waals surface area contributed by atoms with Gasteiger partial charge in [-0.1, -0.05) is 15.9 Å². The van der Waals surface area contributed by atoms with E-state index in [0.29, 0.717) is 4.47 Å². The molecule has 19 heavy (non-hydrogen) atoms. The summed E-state index contributed by atoms with van der Waals surface area (Å²) in [4.78, 5) is 11.2. The first-order valence-corrected chi connectivity index (χ1v) is 7.74. The number of nitrogen functional groups attached to an aromatic ring is 1. The van der Waals surface area contributed by atoms with Crippen LogP contribution in [0.3, 0.4) is 0 Å². The van der Waals surface area contributed by atoms with E-state index in [4.69, 9.17) is 5.73 Å². The third-order valence-corrected chi connectivity index (χ3v) is 5.00. The Hall–Kier alpha value is -1.12. The molecule has 106 valence electrons. The number of benzene rings is 1. The zero-order valence-electron chi connectivity index (χ0n) is 10.7. The average Bonchev–Trinajstić information content (AvgIpc) is 2.37. The van der Waals surface area contributed by atoms with E-state index in [1.165, 1.54) is 26.2 Å². The summed E-state index contributed by atoms with van der Waals surface area (Å²) in [7, 11) is -0.779. The van der Waals surface area contributed by atoms with Crippen molar-refractivity contribution in [2.45, 2.75) is 11.3 Å². The fraction of sp³-hybridized carbons (Fsp3) is 0.364. The van der Waals surface area contributed by atoms with Gasteiger partial charge < -0.3 is 11.1 Å². The summed E-state index contributed by atoms with van der Waals surface area (Å²) in [6.07, 6.45) is 0.0974. The van der Waals surface area contributed by atoms with E-state index in [1.807, 2.05) is 0 Å². The predicted octanol–water partition coefficient (Wildman–Crippen LogP) is 0.788. The van der Waals surface area contributed by atoms with Crippen molar-refractivity contribution in [3.63, 3.8) is 0 Å². The van der Waals surface area contributed by atoms with Crippen molar-refractivity contribution in [3.05, 3.63) is 22.7 Å². The lowest BCUT2D eigenvalue weighted by molar-refractivity contribution is -0.120. The van der Waals surface area contributed by atoms with Crippen LogP contribution in [0.1, 0.15) is 6.42 Å². The molecule has 0 aromatic heterocycles. The Kier molecular flexibility index (Phi) is 5.33. The topological polar surface area (TPSA) is 92.5 Å². The minimum atomic E-state index is -3.70. The number of sulfonamides is 1. The largest absolute Gasteiger partial charge is 0.398 e. The van der Waals surface area contributed by atoms with Gasteiger partial charge in [-0.2, -0.15) is 0 Å². The molecule has 1 aromatic rings. The van der Waals surface area contributed by atoms with E-state index < -0.39 is 10.0 Å². The van der Waals surface area contributed by atoms with Gasteiger partial charge in [0.2, 0.25) is 15.9 Å². The lowest BCUT2D eigenvalue weighted by atomic mass is 10.3. The number of nitrogens with one attached hydrogen (secondary N) is 1. The highest BCUT2D eigenvalue weighted by Gasteiger charge is 2.23. The Morgan fingerprint density at radius 1 is 1.47 bits per heavy atom. The summed E-state index contributed by atoms with van der Waals surface area (Å²) in [5.41, 5.74) is 5.87. The minimum Gasteiger partial charge on any atom is -0.398 e. The van der Waals surface area contributed by atoms with Gasteiger partial charge in [-0.15, -0.1) is 0 Å². The molecule has 0 spiro atoms. The number of hydrogen-bond donors (Lipinski definition) is 2. The predicted molar refractivity (Wildman–Crippen MR) is 77.1 cm³/mol. The van der Waals surface area contributed by atoms with E-state index in [-0.39, 0.29) is 29.5 Å². The molecule has 8 heteroatoms. The van der Waals surface area contributed by atoms with E-state index in [2.05, 4.69) is 21.2 Å². The molecule has 1 rings (SSSR count). The molecule has 0 unspecified atom stereocenters. The van der Waals surface area contributed by atoms with Crippen LogP contribution in [0.25, 0.3) is 0 Å². The molecule has 0 saturated carbocycles. The van der Waals surface area contributed by atoms with Gasteiger partial charge in [0.15, 0.2) is 0 Å². The second kappa shape index (κ2) is 6.36. The SMILES string of the molecule is CNC(=O)CCN(C)S(=O)(=O)c1cc(Br)ccc1N. The third kappa shape index (κ3) is 3.92. The quantitative estimate of drug-likeness (QED) is 0.768. The number of nitrogens with two attached hydrogens (primary N) is 1. The minimum absolute atomic E-state index is 0.0290. The summed E-state index contributed by atoms with van der Waals surface area (Å²) < 4.78 is 26.3. The first-order chi connectivity index (χ1) is 8.78. The Labute approximate surface area is 121 Å². The summed E-state index contributed by atoms with van der Waals surface area (Å²) in [5.74, 6) is -0.218. The number of rotatable bonds is 5. The maximum absolute atomic E-state index is 12.3. The van der Waals surface area contributed by atoms with Crippen molar-refractivity contribution in [3.8, 4) is 0 Å². The van der Waals surface area contributed by atoms with Crippen LogP contribution >= 0.6 is 15.9 Å². The first-order valence-electron chi connectivity index (χ1n) is 5.51. The number of hydrogen-bond acceptors (Lipinski definition) is 4. The molecular formula is C11H16BrN3O3S. The Morgan fingerprint density at radius 2 is 2.11 bits per heavy atom. The monoisotopic (exact) mass is 349 g/mol. The van der Waals surface area contributed by atoms with Crippen LogP contribution in [-0.2, 0) is 14.8 Å². The van der Waals surface area contributed by atoms with E-state index in [1.54, 1.807) is 6.07 Å². The molecule has 6 nitrogen and oxygen atoms in total. The molecule has 1 aromatic carbocycles. The van der Waals surface area contributed by atoms with E-state index in [9.17, 15) is 13.2 Å². The number of amides is 1. The zero-order chi connectivity index (χ0) is 14.6. The van der Waals surface area contributed by atoms with Crippen LogP contribution in [0.5, 0.6) is 0 Å². The van der Waals surface area contributed by atoms with Gasteiger partial charge in [0, 0.05) is 31.5 Å². The van der Waals surface area contributed by atoms with Gasteiger partial charge in [0.05, 0.1) is 5.69 Å². The van der Waals surface area contributed by atoms with Gasteiger partial charge in [-0.25, -0.2) is 12.7 Å². The second-order valence-electron chi connectivity index (χ2n) is 3.93. The fourth-order valence-corrected chi connectivity index (χ4v) is 3.23. The number of halogens is 1. The maximum atomic E-state index is 12.3. The Balaban J connectivity index is 2.97. The van der Waals surface area contributed by atoms with Crippen molar-refractivity contribution < 1.29 is 13.2 Å². The third-order valence-electron chi connectivity index (χ3n) is 2.60. The van der Waals surface area contributed by atoms with Crippen LogP contribution in [0.4, 0.5) is 5.69 Å². The maximum Gasteiger partial charge on any atom is 0.244 e. The molecule has 0 fully saturated rings. The lowest BCUT2D eigenvalue weighted by Gasteiger charge is -2.18. The summed E-state index contributed by atoms with van der Waals surface area (Å²) in [6.45, 7) is 0.0912. The number of carbonyl (C=O) groups is 1. The zero-order valence-corrected chi connectivity index (χ0v) is 13.1. The summed E-state index contributed by atoms with van der Waals surface area (Å²) >= 11 is 3.21. The van der Waals surface area contributed by atoms with Gasteiger partial charge in [-0.3, -0.25) is 4.79 Å². The molecule has 0 atom stereocenters. The van der Waals surface area contributed by atoms with Crippen LogP contribution in [0, 0.1) is 0 Å². The summed E-state index contributed by atoms with van der Waals surface area (Å²) in [5, 5.41) is 2.44. The second-order valence-corrected chi connectivity index (χ2v) is 6.86. The normalized spacial score (nSPS) is 11.6. The van der Waals surface area contributed by atoms with E-state index in [0.717, 1.165) is 4.31 Å². The molecule has 0 heterocycles. The van der Waals surface area contributed by atoms with Crippen LogP contribution in [-0.4, -0.2) is 39.3 Å². The van der Waals surface area contributed by atoms with Crippen LogP contribution in [0.2, 0.25) is 0 Å². The molecule has 0 radical (unpaired) electrons. The standard InChI is InChI=1S/C11H16BrN3O3S/c1-14-11(16)5-6-15(2)19(17,18)10-7-8(12)3-4-9(10)13/h3-4,7H,5-6,13H2,1-2H3,(H,14,16). The van der Waals surface area contributed by atoms with E-state index >= 15 is 0 Å². The lowest BCUT2D eigenvalue weighted by Crippen LogP contribution is -2.31. The molecule has 0 saturated heterocycles. The Bertz CT molecular complexity index is 575. The fourth-order valence-electron chi connectivity index (χ4n) is 1.40. The molecule has 3 N–H and O–H groups in total. The number of nitrogens with zero attached hydrogens (tertiary/aromatic N) is 1. The molecule has 0 aliphatic carbocycles. The first kappa shape index (κ1) is 15.9. The van der Waals surface area contributed by atoms with Crippen molar-refractivity contribution in [1.29, 1.82) is 0 Å². The number of carbonyl (C=O) groups excluding carboxylic acids is 1. The van der Waals surface area contributed by atoms with Crippen LogP contribution < -0.4 is 11.1 Å². The van der Waals surface area contributed by atoms with Gasteiger partial charge in [0.1, 0.15) is 4.90 Å². The van der Waals surface area contributed by atoms with Crippen molar-refractivity contribution in [2.24, 2.45) is 0 Å². The van der Waals surface area contributed by atoms with Crippen molar-refractivity contribution in [2.75, 3.05) is 26.4 Å². The molecule has 0 aliphatic heterocycles. The molecule has 1 amide bonds. The molecular weight excluding hydrogens is 334 g/mol. The van der Waals surface area contributed by atoms with Gasteiger partial charge in [-0.05, 0) is 18.2 Å². The highest BCUT2D eigenvalue weighted by Crippen LogP contribution is 2.25. The van der Waals surface area contributed by atoms with Crippen LogP contribution in [0.15, 0.2) is 27.6 Å². The highest BCUT2D eigenvalue weighted by molar-refractivity contribution is 9.10. The van der Waals surface area contributed by atoms with Crippen molar-refractivity contribution in [1.82, 2.24) is 9.62 Å². The molecule has 0 aliphatic rings. The number of anilines is 1. The van der Waals surface area contributed by atoms with Gasteiger partial charge in [0.25, 0.3) is 0 Å². The van der Waals surface area contributed by atoms with Gasteiger partial charge >= 0.3 is 0 Å². The summed E-state index contributed by atoms with van der Waals surface area (Å²) in [6, 6.07) is 4.63. The van der Waals surface area contributed by atoms with Crippen molar-refractivity contribution >= 4 is 37.5 Å².